The minimum Gasteiger partial charge on any atom is -0.370 e. The van der Waals surface area contributed by atoms with Crippen molar-refractivity contribution in [1.82, 2.24) is 36.4 Å². The van der Waals surface area contributed by atoms with Gasteiger partial charge in [-0.1, -0.05) is 60.7 Å². The van der Waals surface area contributed by atoms with Gasteiger partial charge in [0, 0.05) is 45.3 Å². The van der Waals surface area contributed by atoms with Crippen molar-refractivity contribution in [2.75, 3.05) is 26.2 Å². The predicted octanol–water partition coefficient (Wildman–Crippen LogP) is -3.60. The van der Waals surface area contributed by atoms with Gasteiger partial charge in [0.25, 0.3) is 0 Å². The molecular weight excluding hydrogens is 971 g/mol. The number of nitrogens with two attached hydrogens (primary N) is 7. The number of likely N-dealkylation sites (tertiary alicyclic amines) is 2. The first-order chi connectivity index (χ1) is 35.8. The minimum atomic E-state index is -1.54. The van der Waals surface area contributed by atoms with E-state index < -0.39 is 120 Å². The number of nitrogens with zero attached hydrogens (tertiary/aromatic N) is 3. The number of hydrogen-bond acceptors (Lipinski definition) is 13. The van der Waals surface area contributed by atoms with Crippen molar-refractivity contribution in [3.63, 3.8) is 0 Å². The molecule has 0 saturated carbocycles. The summed E-state index contributed by atoms with van der Waals surface area (Å²) < 4.78 is 0. The number of aliphatic imine (C=N–C) groups is 1. The summed E-state index contributed by atoms with van der Waals surface area (Å²) in [5.41, 5.74) is 40.7. The molecule has 8 atom stereocenters. The third-order valence-corrected chi connectivity index (χ3v) is 13.0. The summed E-state index contributed by atoms with van der Waals surface area (Å²) in [7, 11) is 0. The SMILES string of the molecule is NCCCC[C@H](NC(=O)[C@@H]1CCCN1C(=O)[C@@H](N)CCCN=C(N)N)C(=O)N1CCC[C@H]1C(=O)N[C@@H](CCC(N)=O)C(=O)N[C@@H](CCC(N)=O)C(=O)N[C@@H](Cc1ccccc1)C(=O)N[C@@H](Cc1ccccc1)C(N)=O. The minimum absolute atomic E-state index is 0.0481. The summed E-state index contributed by atoms with van der Waals surface area (Å²) in [6.45, 7) is 0.971. The lowest BCUT2D eigenvalue weighted by atomic mass is 10.0. The Kier molecular flexibility index (Phi) is 24.4. The maximum absolute atomic E-state index is 14.4. The standard InChI is InChI=1S/C50H75N15O10/c51-24-8-7-17-35(61-47(73)38-18-10-26-64(38)48(74)32(52)16-9-25-58-50(56)57)49(75)65-27-11-19-39(65)46(72)60-34(21-23-41(54)67)43(69)59-33(20-22-40(53)66)44(70)63-37(29-31-14-5-2-6-15-31)45(71)62-36(42(55)68)28-30-12-3-1-4-13-30/h1-6,12-15,32-39H,7-11,16-29,51-52H2,(H2,53,66)(H2,54,67)(H2,55,68)(H,59,69)(H,60,72)(H,61,73)(H,62,71)(H,63,70)(H4,56,57,58)/t32-,33-,34-,35-,36-,37-,38-,39-/m0/s1. The normalized spacial score (nSPS) is 17.5. The molecule has 2 aromatic carbocycles. The number of primary amides is 3. The van der Waals surface area contributed by atoms with Gasteiger partial charge in [-0.05, 0) is 88.3 Å². The zero-order valence-corrected chi connectivity index (χ0v) is 42.3. The number of rotatable bonds is 31. The Morgan fingerprint density at radius 3 is 1.48 bits per heavy atom. The van der Waals surface area contributed by atoms with E-state index in [2.05, 4.69) is 31.6 Å². The fraction of sp³-hybridized carbons (Fsp3) is 0.540. The Labute approximate surface area is 436 Å². The summed E-state index contributed by atoms with van der Waals surface area (Å²) in [5.74, 6) is -7.59. The first-order valence-electron chi connectivity index (χ1n) is 25.4. The Morgan fingerprint density at radius 1 is 0.533 bits per heavy atom. The Hall–Kier alpha value is -7.67. The van der Waals surface area contributed by atoms with E-state index in [0.29, 0.717) is 56.2 Å². The number of hydrogen-bond donors (Lipinski definition) is 12. The first-order valence-corrected chi connectivity index (χ1v) is 25.4. The summed E-state index contributed by atoms with van der Waals surface area (Å²) in [6, 6.07) is 7.74. The van der Waals surface area contributed by atoms with Crippen LogP contribution in [-0.4, -0.2) is 149 Å². The monoisotopic (exact) mass is 1050 g/mol. The molecule has 2 heterocycles. The van der Waals surface area contributed by atoms with Gasteiger partial charge in [0.1, 0.15) is 42.3 Å². The number of carbonyl (C=O) groups excluding carboxylic acids is 10. The van der Waals surface area contributed by atoms with E-state index in [1.807, 2.05) is 0 Å². The molecule has 0 aliphatic carbocycles. The van der Waals surface area contributed by atoms with Gasteiger partial charge in [-0.15, -0.1) is 0 Å². The summed E-state index contributed by atoms with van der Waals surface area (Å²) in [4.78, 5) is 142. The maximum atomic E-state index is 14.4. The van der Waals surface area contributed by atoms with Crippen molar-refractivity contribution in [2.45, 2.75) is 145 Å². The molecule has 2 fully saturated rings. The second kappa shape index (κ2) is 30.5. The summed E-state index contributed by atoms with van der Waals surface area (Å²) >= 11 is 0. The molecule has 0 bridgehead atoms. The highest BCUT2D eigenvalue weighted by molar-refractivity contribution is 5.98. The molecule has 0 aromatic heterocycles. The van der Waals surface area contributed by atoms with Gasteiger partial charge in [-0.3, -0.25) is 52.9 Å². The highest BCUT2D eigenvalue weighted by Crippen LogP contribution is 2.23. The van der Waals surface area contributed by atoms with Crippen LogP contribution >= 0.6 is 0 Å². The highest BCUT2D eigenvalue weighted by Gasteiger charge is 2.42. The fourth-order valence-corrected chi connectivity index (χ4v) is 9.01. The van der Waals surface area contributed by atoms with Gasteiger partial charge >= 0.3 is 0 Å². The van der Waals surface area contributed by atoms with Crippen molar-refractivity contribution < 1.29 is 47.9 Å². The first kappa shape index (κ1) is 59.9. The van der Waals surface area contributed by atoms with E-state index in [0.717, 1.165) is 0 Å². The van der Waals surface area contributed by atoms with Crippen LogP contribution in [0.5, 0.6) is 0 Å². The van der Waals surface area contributed by atoms with E-state index in [1.165, 1.54) is 9.80 Å². The molecule has 0 spiro atoms. The van der Waals surface area contributed by atoms with Gasteiger partial charge in [0.05, 0.1) is 6.04 Å². The quantitative estimate of drug-likeness (QED) is 0.0197. The molecule has 2 aliphatic heterocycles. The number of benzene rings is 2. The maximum Gasteiger partial charge on any atom is 0.245 e. The van der Waals surface area contributed by atoms with Crippen LogP contribution in [0.1, 0.15) is 94.6 Å². The summed E-state index contributed by atoms with van der Waals surface area (Å²) in [6.07, 6.45) is 1.66. The lowest BCUT2D eigenvalue weighted by Crippen LogP contribution is -2.60. The third-order valence-electron chi connectivity index (χ3n) is 13.0. The molecule has 10 amide bonds. The third kappa shape index (κ3) is 19.6. The van der Waals surface area contributed by atoms with Crippen LogP contribution in [0.3, 0.4) is 0 Å². The van der Waals surface area contributed by atoms with Crippen LogP contribution < -0.4 is 66.7 Å². The van der Waals surface area contributed by atoms with Crippen LogP contribution in [-0.2, 0) is 60.8 Å². The van der Waals surface area contributed by atoms with Crippen LogP contribution in [0.15, 0.2) is 65.7 Å². The van der Waals surface area contributed by atoms with E-state index >= 15 is 0 Å². The van der Waals surface area contributed by atoms with Crippen LogP contribution in [0.2, 0.25) is 0 Å². The molecule has 2 aliphatic rings. The van der Waals surface area contributed by atoms with E-state index in [-0.39, 0.29) is 70.5 Å². The Bertz CT molecular complexity index is 2320. The fourth-order valence-electron chi connectivity index (χ4n) is 9.01. The molecule has 410 valence electrons. The van der Waals surface area contributed by atoms with Crippen molar-refractivity contribution >= 4 is 65.0 Å². The van der Waals surface area contributed by atoms with Gasteiger partial charge in [-0.25, -0.2) is 0 Å². The van der Waals surface area contributed by atoms with Gasteiger partial charge in [-0.2, -0.15) is 0 Å². The second-order valence-corrected chi connectivity index (χ2v) is 18.8. The molecule has 19 N–H and O–H groups in total. The Morgan fingerprint density at radius 2 is 0.987 bits per heavy atom. The number of nitrogens with one attached hydrogen (secondary N) is 5. The van der Waals surface area contributed by atoms with E-state index in [4.69, 9.17) is 40.1 Å². The zero-order valence-electron chi connectivity index (χ0n) is 42.3. The number of guanidine groups is 1. The van der Waals surface area contributed by atoms with Crippen molar-refractivity contribution in [2.24, 2.45) is 45.1 Å². The molecule has 2 saturated heterocycles. The molecule has 2 aromatic rings. The Balaban J connectivity index is 1.52. The lowest BCUT2D eigenvalue weighted by Gasteiger charge is -2.32. The van der Waals surface area contributed by atoms with Crippen LogP contribution in [0.25, 0.3) is 0 Å². The lowest BCUT2D eigenvalue weighted by molar-refractivity contribution is -0.144. The smallest absolute Gasteiger partial charge is 0.245 e. The van der Waals surface area contributed by atoms with Gasteiger partial charge in [0.2, 0.25) is 59.1 Å². The molecule has 25 nitrogen and oxygen atoms in total. The van der Waals surface area contributed by atoms with Crippen molar-refractivity contribution in [3.05, 3.63) is 71.8 Å². The number of amides is 10. The average molecular weight is 1050 g/mol. The second-order valence-electron chi connectivity index (χ2n) is 18.8. The molecule has 0 radical (unpaired) electrons. The molecule has 4 rings (SSSR count). The predicted molar refractivity (Wildman–Crippen MR) is 276 cm³/mol. The number of carbonyl (C=O) groups is 10. The van der Waals surface area contributed by atoms with Crippen LogP contribution in [0.4, 0.5) is 0 Å². The molecule has 25 heteroatoms. The van der Waals surface area contributed by atoms with Gasteiger partial charge < -0.3 is 76.5 Å². The highest BCUT2D eigenvalue weighted by atomic mass is 16.2. The van der Waals surface area contributed by atoms with E-state index in [9.17, 15) is 47.9 Å². The zero-order chi connectivity index (χ0) is 55.0. The number of unbranched alkanes of at least 4 members (excludes halogenated alkanes) is 1. The van der Waals surface area contributed by atoms with E-state index in [1.54, 1.807) is 60.7 Å². The van der Waals surface area contributed by atoms with Crippen molar-refractivity contribution in [1.29, 1.82) is 0 Å². The summed E-state index contributed by atoms with van der Waals surface area (Å²) in [5, 5.41) is 13.2. The molecule has 0 unspecified atom stereocenters. The van der Waals surface area contributed by atoms with Crippen molar-refractivity contribution in [3.8, 4) is 0 Å². The molecule has 75 heavy (non-hydrogen) atoms. The topological polar surface area (TPSA) is 432 Å². The molecular formula is C50H75N15O10. The van der Waals surface area contributed by atoms with Gasteiger partial charge in [0.15, 0.2) is 5.96 Å². The largest absolute Gasteiger partial charge is 0.370 e. The van der Waals surface area contributed by atoms with Crippen LogP contribution in [0, 0.1) is 0 Å². The average Bonchev–Trinajstić information content (AvgIpc) is 4.08.